The maximum absolute atomic E-state index is 12.9. The number of thioether (sulfide) groups is 1. The second-order valence-electron chi connectivity index (χ2n) is 16.0. The first-order chi connectivity index (χ1) is 25.0. The van der Waals surface area contributed by atoms with E-state index < -0.39 is 28.8 Å². The molecule has 4 atom stereocenters. The van der Waals surface area contributed by atoms with Gasteiger partial charge in [-0.2, -0.15) is 0 Å². The van der Waals surface area contributed by atoms with Gasteiger partial charge in [-0.1, -0.05) is 11.8 Å². The minimum atomic E-state index is -0.638. The van der Waals surface area contributed by atoms with Gasteiger partial charge in [-0.3, -0.25) is 9.80 Å². The smallest absolute Gasteiger partial charge is 0.411 e. The van der Waals surface area contributed by atoms with Crippen molar-refractivity contribution in [3.05, 3.63) is 52.7 Å². The number of phenolic OH excluding ortho intramolecular Hbond substituents is 3. The molecule has 5 heterocycles. The molecule has 4 aromatic rings. The Morgan fingerprint density at radius 2 is 1.57 bits per heavy atom. The lowest BCUT2D eigenvalue weighted by Gasteiger charge is -2.51. The number of phenols is 3. The predicted molar refractivity (Wildman–Crippen MR) is 201 cm³/mol. The molecular formula is C39H46N6O7S. The molecule has 3 fully saturated rings. The van der Waals surface area contributed by atoms with Crippen molar-refractivity contribution in [2.45, 2.75) is 102 Å². The van der Waals surface area contributed by atoms with Gasteiger partial charge in [0, 0.05) is 30.1 Å². The van der Waals surface area contributed by atoms with E-state index >= 15 is 0 Å². The van der Waals surface area contributed by atoms with E-state index in [4.69, 9.17) is 14.5 Å². The number of carbonyl (C=O) groups is 2. The molecule has 7 rings (SSSR count). The van der Waals surface area contributed by atoms with Crippen LogP contribution in [-0.2, 0) is 9.47 Å². The largest absolute Gasteiger partial charge is 0.506 e. The predicted octanol–water partition coefficient (Wildman–Crippen LogP) is 7.61. The number of hydrogen-bond donors (Lipinski definition) is 5. The summed E-state index contributed by atoms with van der Waals surface area (Å²) in [7, 11) is 0. The fourth-order valence-corrected chi connectivity index (χ4v) is 8.89. The third-order valence-electron chi connectivity index (χ3n) is 9.74. The molecule has 2 amide bonds. The van der Waals surface area contributed by atoms with Gasteiger partial charge in [0.15, 0.2) is 11.5 Å². The van der Waals surface area contributed by atoms with Crippen molar-refractivity contribution in [1.29, 1.82) is 0 Å². The maximum Gasteiger partial charge on any atom is 0.411 e. The Morgan fingerprint density at radius 3 is 2.28 bits per heavy atom. The van der Waals surface area contributed by atoms with Gasteiger partial charge < -0.3 is 34.8 Å². The van der Waals surface area contributed by atoms with Crippen LogP contribution in [0.4, 0.5) is 9.59 Å². The van der Waals surface area contributed by atoms with Crippen LogP contribution in [0.5, 0.6) is 17.2 Å². The molecule has 13 nitrogen and oxygen atoms in total. The number of aromatic amines is 2. The highest BCUT2D eigenvalue weighted by molar-refractivity contribution is 8.01. The van der Waals surface area contributed by atoms with Crippen molar-refractivity contribution in [2.75, 3.05) is 13.1 Å². The van der Waals surface area contributed by atoms with Gasteiger partial charge in [-0.15, -0.1) is 11.8 Å². The zero-order valence-corrected chi connectivity index (χ0v) is 31.8. The summed E-state index contributed by atoms with van der Waals surface area (Å²) >= 11 is 1.71. The van der Waals surface area contributed by atoms with Gasteiger partial charge in [-0.25, -0.2) is 19.6 Å². The van der Waals surface area contributed by atoms with Crippen LogP contribution in [0.25, 0.3) is 22.3 Å². The van der Waals surface area contributed by atoms with Crippen LogP contribution in [0.2, 0.25) is 0 Å². The van der Waals surface area contributed by atoms with Crippen LogP contribution in [0, 0.1) is 24.7 Å². The van der Waals surface area contributed by atoms with Crippen molar-refractivity contribution in [3.63, 3.8) is 0 Å². The highest BCUT2D eigenvalue weighted by Crippen LogP contribution is 2.57. The fraction of sp³-hybridized carbons (Fsp3) is 0.487. The first kappa shape index (κ1) is 36.3. The number of aromatic nitrogens is 4. The van der Waals surface area contributed by atoms with E-state index in [0.29, 0.717) is 42.2 Å². The lowest BCUT2D eigenvalue weighted by Crippen LogP contribution is -2.54. The van der Waals surface area contributed by atoms with E-state index in [1.54, 1.807) is 23.6 Å². The molecular weight excluding hydrogens is 697 g/mol. The van der Waals surface area contributed by atoms with Crippen LogP contribution in [-0.4, -0.2) is 86.9 Å². The zero-order chi connectivity index (χ0) is 38.0. The summed E-state index contributed by atoms with van der Waals surface area (Å²) in [6.45, 7) is 13.9. The molecule has 0 saturated carbocycles. The van der Waals surface area contributed by atoms with Crippen molar-refractivity contribution >= 4 is 35.0 Å². The molecule has 3 aliphatic heterocycles. The summed E-state index contributed by atoms with van der Waals surface area (Å²) in [6, 6.07) is 5.19. The van der Waals surface area contributed by atoms with E-state index in [2.05, 4.69) is 26.8 Å². The Balaban J connectivity index is 1.09. The molecule has 3 aliphatic rings. The minimum Gasteiger partial charge on any atom is -0.506 e. The molecule has 5 N–H and O–H groups in total. The summed E-state index contributed by atoms with van der Waals surface area (Å²) in [5.74, 6) is 6.21. The number of nitrogens with zero attached hydrogens (tertiary/aromatic N) is 4. The molecule has 2 aromatic heterocycles. The summed E-state index contributed by atoms with van der Waals surface area (Å²) in [5, 5.41) is 33.6. The molecule has 280 valence electrons. The normalized spacial score (nSPS) is 21.5. The van der Waals surface area contributed by atoms with E-state index in [-0.39, 0.29) is 45.6 Å². The zero-order valence-electron chi connectivity index (χ0n) is 31.0. The number of hydrogen-bond acceptors (Lipinski definition) is 10. The van der Waals surface area contributed by atoms with Gasteiger partial charge in [0.05, 0.1) is 45.2 Å². The van der Waals surface area contributed by atoms with Crippen molar-refractivity contribution in [2.24, 2.45) is 5.92 Å². The van der Waals surface area contributed by atoms with Gasteiger partial charge >= 0.3 is 12.2 Å². The topological polar surface area (TPSA) is 177 Å². The van der Waals surface area contributed by atoms with Gasteiger partial charge in [0.25, 0.3) is 0 Å². The highest BCUT2D eigenvalue weighted by Gasteiger charge is 2.51. The Morgan fingerprint density at radius 1 is 0.887 bits per heavy atom. The maximum atomic E-state index is 12.9. The van der Waals surface area contributed by atoms with E-state index in [1.807, 2.05) is 64.6 Å². The quantitative estimate of drug-likeness (QED) is 0.0798. The minimum absolute atomic E-state index is 0.0574. The van der Waals surface area contributed by atoms with Crippen LogP contribution in [0.3, 0.4) is 0 Å². The molecule has 14 heteroatoms. The standard InChI is InChI=1S/C39H46N6O7S/c1-20-28(26-19-40-33(43-26)27-11-9-16-44(27)36(49)51-38(2,3)4)31(48)30(47)22(29(20)46)14-12-21-13-15-24-25(18-21)42-34(41-24)32-23-10-8-17-45(35(23)53-32)37(50)52-39(5,6)7/h13,15,18-19,23,27,32,35,46-48H,8-11,16-17H2,1-7H3,(H,40,43)(H,41,42). The van der Waals surface area contributed by atoms with Gasteiger partial charge in [0.2, 0.25) is 0 Å². The summed E-state index contributed by atoms with van der Waals surface area (Å²) in [5.41, 5.74) is 1.75. The number of rotatable bonds is 3. The lowest BCUT2D eigenvalue weighted by atomic mass is 9.92. The number of carbonyl (C=O) groups excluding carboxylic acids is 2. The molecule has 0 bridgehead atoms. The number of imidazole rings is 2. The first-order valence-electron chi connectivity index (χ1n) is 18.0. The molecule has 0 radical (unpaired) electrons. The number of nitrogens with one attached hydrogen (secondary N) is 2. The summed E-state index contributed by atoms with van der Waals surface area (Å²) in [4.78, 5) is 45.2. The fourth-order valence-electron chi connectivity index (χ4n) is 7.30. The molecule has 0 spiro atoms. The van der Waals surface area contributed by atoms with E-state index in [9.17, 15) is 24.9 Å². The second kappa shape index (κ2) is 13.4. The van der Waals surface area contributed by atoms with Crippen LogP contribution in [0.15, 0.2) is 24.4 Å². The molecule has 3 saturated heterocycles. The Hall–Kier alpha value is -5.03. The van der Waals surface area contributed by atoms with Crippen LogP contribution >= 0.6 is 11.8 Å². The molecule has 4 unspecified atom stereocenters. The van der Waals surface area contributed by atoms with E-state index in [0.717, 1.165) is 36.1 Å². The number of H-pyrrole nitrogens is 2. The Labute approximate surface area is 312 Å². The number of amides is 2. The Kier molecular flexibility index (Phi) is 9.21. The number of benzene rings is 2. The van der Waals surface area contributed by atoms with Crippen molar-refractivity contribution < 1.29 is 34.4 Å². The average molecular weight is 743 g/mol. The SMILES string of the molecule is Cc1c(O)c(C#Cc2ccc3nc(C4SC5C4CCCN5C(=O)OC(C)(C)C)[nH]c3c2)c(O)c(O)c1-c1cnc(C2CCCN2C(=O)OC(C)(C)C)[nH]1. The van der Waals surface area contributed by atoms with Gasteiger partial charge in [-0.05, 0) is 92.3 Å². The van der Waals surface area contributed by atoms with Crippen molar-refractivity contribution in [1.82, 2.24) is 29.7 Å². The molecule has 0 aliphatic carbocycles. The average Bonchev–Trinajstić information content (AvgIpc) is 3.82. The first-order valence-corrected chi connectivity index (χ1v) is 18.9. The van der Waals surface area contributed by atoms with Gasteiger partial charge in [0.1, 0.15) is 34.2 Å². The molecule has 53 heavy (non-hydrogen) atoms. The van der Waals surface area contributed by atoms with Crippen LogP contribution in [0.1, 0.15) is 107 Å². The summed E-state index contributed by atoms with van der Waals surface area (Å²) in [6.07, 6.45) is 4.18. The van der Waals surface area contributed by atoms with Crippen molar-refractivity contribution in [3.8, 4) is 40.3 Å². The van der Waals surface area contributed by atoms with Crippen LogP contribution < -0.4 is 0 Å². The second-order valence-corrected chi connectivity index (χ2v) is 17.2. The van der Waals surface area contributed by atoms with E-state index in [1.165, 1.54) is 6.20 Å². The third-order valence-corrected chi connectivity index (χ3v) is 11.5. The monoisotopic (exact) mass is 742 g/mol. The molecule has 2 aromatic carbocycles. The lowest BCUT2D eigenvalue weighted by molar-refractivity contribution is 0.00889. The third kappa shape index (κ3) is 7.06. The number of ether oxygens (including phenoxy) is 2. The number of piperidine rings is 1. The number of likely N-dealkylation sites (tertiary alicyclic amines) is 2. The number of aromatic hydroxyl groups is 3. The highest BCUT2D eigenvalue weighted by atomic mass is 32.2. The number of fused-ring (bicyclic) bond motifs is 2. The summed E-state index contributed by atoms with van der Waals surface area (Å²) < 4.78 is 11.2. The Bertz CT molecular complexity index is 2120.